The van der Waals surface area contributed by atoms with Crippen molar-refractivity contribution < 1.29 is 17.9 Å². The van der Waals surface area contributed by atoms with Crippen LogP contribution in [-0.4, -0.2) is 20.1 Å². The first kappa shape index (κ1) is 16.9. The molecule has 0 bridgehead atoms. The maximum Gasteiger partial charge on any atom is 0.240 e. The molecule has 2 rings (SSSR count). The molecule has 0 spiro atoms. The molecule has 2 N–H and O–H groups in total. The minimum atomic E-state index is -3.80. The average Bonchev–Trinajstić information content (AvgIpc) is 2.46. The summed E-state index contributed by atoms with van der Waals surface area (Å²) in [6, 6.07) is 11.0. The number of hydrogen-bond donors (Lipinski definition) is 2. The first-order valence-corrected chi connectivity index (χ1v) is 8.30. The van der Waals surface area contributed by atoms with Crippen LogP contribution in [0.25, 0.3) is 0 Å². The fourth-order valence-electron chi connectivity index (χ4n) is 1.86. The molecule has 0 aliphatic carbocycles. The SMILES string of the molecule is CC(O)(CNS(=O)(=O)c1cccc(Cl)c1)c1ccc(F)cc1. The van der Waals surface area contributed by atoms with E-state index in [1.807, 2.05) is 0 Å². The topological polar surface area (TPSA) is 66.4 Å². The minimum absolute atomic E-state index is 0.00917. The van der Waals surface area contributed by atoms with E-state index in [9.17, 15) is 17.9 Å². The van der Waals surface area contributed by atoms with E-state index in [2.05, 4.69) is 4.72 Å². The van der Waals surface area contributed by atoms with Gasteiger partial charge in [0.25, 0.3) is 0 Å². The van der Waals surface area contributed by atoms with E-state index < -0.39 is 21.4 Å². The summed E-state index contributed by atoms with van der Waals surface area (Å²) in [6.07, 6.45) is 0. The van der Waals surface area contributed by atoms with Gasteiger partial charge in [-0.2, -0.15) is 0 Å². The monoisotopic (exact) mass is 343 g/mol. The van der Waals surface area contributed by atoms with E-state index in [0.29, 0.717) is 10.6 Å². The van der Waals surface area contributed by atoms with Gasteiger partial charge in [-0.15, -0.1) is 0 Å². The first-order valence-electron chi connectivity index (χ1n) is 6.44. The summed E-state index contributed by atoms with van der Waals surface area (Å²) in [5.74, 6) is -0.431. The van der Waals surface area contributed by atoms with Crippen LogP contribution in [0.3, 0.4) is 0 Å². The van der Waals surface area contributed by atoms with Gasteiger partial charge in [0.1, 0.15) is 11.4 Å². The van der Waals surface area contributed by atoms with Gasteiger partial charge in [0.05, 0.1) is 4.90 Å². The minimum Gasteiger partial charge on any atom is -0.384 e. The van der Waals surface area contributed by atoms with Gasteiger partial charge in [0.15, 0.2) is 0 Å². The van der Waals surface area contributed by atoms with Crippen molar-refractivity contribution in [1.29, 1.82) is 0 Å². The maximum atomic E-state index is 12.9. The van der Waals surface area contributed by atoms with E-state index in [1.54, 1.807) is 6.07 Å². The lowest BCUT2D eigenvalue weighted by atomic mass is 9.96. The molecule has 0 amide bonds. The molecule has 1 unspecified atom stereocenters. The van der Waals surface area contributed by atoms with Crippen molar-refractivity contribution in [3.63, 3.8) is 0 Å². The van der Waals surface area contributed by atoms with E-state index in [1.165, 1.54) is 49.4 Å². The Morgan fingerprint density at radius 1 is 1.23 bits per heavy atom. The summed E-state index contributed by atoms with van der Waals surface area (Å²) in [6.45, 7) is 1.19. The zero-order valence-electron chi connectivity index (χ0n) is 11.8. The maximum absolute atomic E-state index is 12.9. The lowest BCUT2D eigenvalue weighted by Gasteiger charge is -2.24. The van der Waals surface area contributed by atoms with E-state index in [0.717, 1.165) is 0 Å². The highest BCUT2D eigenvalue weighted by Crippen LogP contribution is 2.21. The molecule has 2 aromatic rings. The second-order valence-corrected chi connectivity index (χ2v) is 7.27. The molecule has 0 aromatic heterocycles. The van der Waals surface area contributed by atoms with Crippen LogP contribution < -0.4 is 4.72 Å². The molecule has 0 fully saturated rings. The average molecular weight is 344 g/mol. The number of benzene rings is 2. The molecule has 0 saturated carbocycles. The third-order valence-corrected chi connectivity index (χ3v) is 4.81. The summed E-state index contributed by atoms with van der Waals surface area (Å²) < 4.78 is 39.6. The highest BCUT2D eigenvalue weighted by molar-refractivity contribution is 7.89. The van der Waals surface area contributed by atoms with E-state index >= 15 is 0 Å². The number of aliphatic hydroxyl groups is 1. The summed E-state index contributed by atoms with van der Waals surface area (Å²) in [5.41, 5.74) is -1.07. The third-order valence-electron chi connectivity index (χ3n) is 3.18. The molecule has 0 heterocycles. The molecule has 0 aliphatic heterocycles. The Morgan fingerprint density at radius 2 is 1.86 bits per heavy atom. The van der Waals surface area contributed by atoms with Crippen molar-refractivity contribution in [1.82, 2.24) is 4.72 Å². The van der Waals surface area contributed by atoms with Crippen molar-refractivity contribution in [3.05, 3.63) is 64.9 Å². The third kappa shape index (κ3) is 4.04. The van der Waals surface area contributed by atoms with Crippen LogP contribution in [0.15, 0.2) is 53.4 Å². The molecule has 4 nitrogen and oxygen atoms in total. The lowest BCUT2D eigenvalue weighted by Crippen LogP contribution is -2.38. The van der Waals surface area contributed by atoms with E-state index in [4.69, 9.17) is 11.6 Å². The van der Waals surface area contributed by atoms with Crippen LogP contribution >= 0.6 is 11.6 Å². The van der Waals surface area contributed by atoms with Crippen molar-refractivity contribution >= 4 is 21.6 Å². The van der Waals surface area contributed by atoms with Gasteiger partial charge in [0.2, 0.25) is 10.0 Å². The fourth-order valence-corrected chi connectivity index (χ4v) is 3.30. The van der Waals surface area contributed by atoms with Crippen LogP contribution in [0.5, 0.6) is 0 Å². The summed E-state index contributed by atoms with van der Waals surface area (Å²) in [7, 11) is -3.80. The van der Waals surface area contributed by atoms with Crippen LogP contribution in [0.1, 0.15) is 12.5 Å². The van der Waals surface area contributed by atoms with Gasteiger partial charge >= 0.3 is 0 Å². The van der Waals surface area contributed by atoms with Crippen molar-refractivity contribution in [2.24, 2.45) is 0 Å². The van der Waals surface area contributed by atoms with Crippen LogP contribution in [0, 0.1) is 5.82 Å². The van der Waals surface area contributed by atoms with Crippen molar-refractivity contribution in [2.75, 3.05) is 6.54 Å². The van der Waals surface area contributed by atoms with Gasteiger partial charge in [-0.1, -0.05) is 29.8 Å². The van der Waals surface area contributed by atoms with Crippen molar-refractivity contribution in [3.8, 4) is 0 Å². The number of hydrogen-bond acceptors (Lipinski definition) is 3. The molecule has 22 heavy (non-hydrogen) atoms. The first-order chi connectivity index (χ1) is 10.2. The largest absolute Gasteiger partial charge is 0.384 e. The number of nitrogens with one attached hydrogen (secondary N) is 1. The Labute approximate surface area is 133 Å². The quantitative estimate of drug-likeness (QED) is 0.877. The van der Waals surface area contributed by atoms with E-state index in [-0.39, 0.29) is 11.4 Å². The smallest absolute Gasteiger partial charge is 0.240 e. The fraction of sp³-hybridized carbons (Fsp3) is 0.200. The molecule has 0 saturated heterocycles. The van der Waals surface area contributed by atoms with Crippen LogP contribution in [0.4, 0.5) is 4.39 Å². The van der Waals surface area contributed by atoms with Gasteiger partial charge in [-0.25, -0.2) is 17.5 Å². The second-order valence-electron chi connectivity index (χ2n) is 5.06. The molecular weight excluding hydrogens is 329 g/mol. The lowest BCUT2D eigenvalue weighted by molar-refractivity contribution is 0.0627. The number of sulfonamides is 1. The zero-order chi connectivity index (χ0) is 16.4. The Balaban J connectivity index is 2.15. The van der Waals surface area contributed by atoms with Gasteiger partial charge < -0.3 is 5.11 Å². The molecule has 0 aliphatic rings. The molecule has 2 aromatic carbocycles. The summed E-state index contributed by atoms with van der Waals surface area (Å²) in [5, 5.41) is 10.7. The van der Waals surface area contributed by atoms with Gasteiger partial charge in [0, 0.05) is 11.6 Å². The Bertz CT molecular complexity index is 761. The standard InChI is InChI=1S/C15H15ClFNO3S/c1-15(19,11-5-7-13(17)8-6-11)10-18-22(20,21)14-4-2-3-12(16)9-14/h2-9,18-19H,10H2,1H3. The molecule has 1 atom stereocenters. The summed E-state index contributed by atoms with van der Waals surface area (Å²) >= 11 is 5.77. The highest BCUT2D eigenvalue weighted by Gasteiger charge is 2.26. The zero-order valence-corrected chi connectivity index (χ0v) is 13.3. The predicted octanol–water partition coefficient (Wildman–Crippen LogP) is 2.67. The van der Waals surface area contributed by atoms with Gasteiger partial charge in [-0.3, -0.25) is 0 Å². The predicted molar refractivity (Wildman–Crippen MR) is 82.6 cm³/mol. The van der Waals surface area contributed by atoms with Crippen molar-refractivity contribution in [2.45, 2.75) is 17.4 Å². The molecule has 0 radical (unpaired) electrons. The molecule has 7 heteroatoms. The summed E-state index contributed by atoms with van der Waals surface area (Å²) in [4.78, 5) is 0.00917. The van der Waals surface area contributed by atoms with Crippen LogP contribution in [0.2, 0.25) is 5.02 Å². The molecular formula is C15H15ClFNO3S. The Kier molecular flexibility index (Phi) is 4.87. The van der Waals surface area contributed by atoms with Gasteiger partial charge in [-0.05, 0) is 42.8 Å². The Morgan fingerprint density at radius 3 is 2.45 bits per heavy atom. The number of rotatable bonds is 5. The highest BCUT2D eigenvalue weighted by atomic mass is 35.5. The number of halogens is 2. The second kappa shape index (κ2) is 6.34. The normalized spacial score (nSPS) is 14.5. The Hall–Kier alpha value is -1.47. The molecule has 118 valence electrons. The van der Waals surface area contributed by atoms with Crippen LogP contribution in [-0.2, 0) is 15.6 Å².